The van der Waals surface area contributed by atoms with E-state index in [1.165, 1.54) is 12.1 Å². The molecule has 3 aromatic carbocycles. The van der Waals surface area contributed by atoms with Crippen molar-refractivity contribution in [3.63, 3.8) is 0 Å². The molecule has 28 heavy (non-hydrogen) atoms. The van der Waals surface area contributed by atoms with E-state index in [9.17, 15) is 14.7 Å². The van der Waals surface area contributed by atoms with Crippen LogP contribution >= 0.6 is 0 Å². The summed E-state index contributed by atoms with van der Waals surface area (Å²) in [5, 5.41) is 12.6. The van der Waals surface area contributed by atoms with E-state index >= 15 is 0 Å². The Hall–Kier alpha value is -2.88. The molecule has 0 saturated carbocycles. The number of benzene rings is 1. The first-order chi connectivity index (χ1) is 13.0. The van der Waals surface area contributed by atoms with Crippen molar-refractivity contribution in [2.24, 2.45) is 0 Å². The number of Topliss-reactive ketones (excluding diaryl/α,β-unsaturated/α-hetero) is 1. The van der Waals surface area contributed by atoms with Gasteiger partial charge in [-0.25, -0.2) is 0 Å². The van der Waals surface area contributed by atoms with Crippen LogP contribution in [0.15, 0.2) is 79.4 Å². The van der Waals surface area contributed by atoms with E-state index in [2.05, 4.69) is 11.9 Å². The zero-order chi connectivity index (χ0) is 19.6. The number of ketones is 1. The molecule has 0 atom stereocenters. The molecule has 0 aromatic heterocycles. The van der Waals surface area contributed by atoms with Gasteiger partial charge in [-0.05, 0) is 24.6 Å². The number of anilines is 1. The molecule has 5 heteroatoms. The summed E-state index contributed by atoms with van der Waals surface area (Å²) in [7, 11) is 0. The minimum atomic E-state index is -0.365. The van der Waals surface area contributed by atoms with Gasteiger partial charge < -0.3 is 45.5 Å². The van der Waals surface area contributed by atoms with Crippen LogP contribution in [0.1, 0.15) is 35.7 Å². The van der Waals surface area contributed by atoms with Crippen LogP contribution in [0.4, 0.5) is 5.69 Å². The van der Waals surface area contributed by atoms with Crippen LogP contribution in [0.5, 0.6) is 5.75 Å². The number of allylic oxidation sites excluding steroid dienone is 1. The van der Waals surface area contributed by atoms with Crippen molar-refractivity contribution in [3.8, 4) is 5.75 Å². The van der Waals surface area contributed by atoms with Gasteiger partial charge in [0.1, 0.15) is 11.5 Å². The summed E-state index contributed by atoms with van der Waals surface area (Å²) in [6, 6.07) is 21.6. The number of hydrogen-bond donors (Lipinski definition) is 2. The maximum atomic E-state index is 12.5. The monoisotopic (exact) mass is 417 g/mol. The maximum Gasteiger partial charge on any atom is 0.224 e. The summed E-state index contributed by atoms with van der Waals surface area (Å²) in [6.07, 6.45) is 1.15. The molecule has 2 N–H and O–H groups in total. The van der Waals surface area contributed by atoms with Gasteiger partial charge >= 0.3 is 0 Å². The van der Waals surface area contributed by atoms with Gasteiger partial charge in [-0.15, -0.1) is 12.1 Å². The van der Waals surface area contributed by atoms with Crippen molar-refractivity contribution in [2.75, 3.05) is 5.32 Å². The minimum absolute atomic E-state index is 0. The molecule has 0 fully saturated rings. The fourth-order valence-corrected chi connectivity index (χ4v) is 2.44. The average molecular weight is 417 g/mol. The summed E-state index contributed by atoms with van der Waals surface area (Å²) >= 11 is 0. The Bertz CT molecular complexity index is 864. The van der Waals surface area contributed by atoms with Crippen LogP contribution in [0.3, 0.4) is 0 Å². The average Bonchev–Trinajstić information content (AvgIpc) is 3.38. The predicted molar refractivity (Wildman–Crippen MR) is 109 cm³/mol. The number of amides is 1. The SMILES string of the molecule is C=C(C(=O)c1cc(NC(=O)CCC)ccc1O)[c-]1cccc1.[Fe].[cH-]1[cH-][cH-][cH-][cH-]1. The number of nitrogens with one attached hydrogen (secondary N) is 1. The Morgan fingerprint density at radius 3 is 2.21 bits per heavy atom. The number of aromatic hydroxyl groups is 1. The Balaban J connectivity index is 0.000000567. The topological polar surface area (TPSA) is 66.4 Å². The molecule has 0 heterocycles. The molecule has 0 aliphatic rings. The number of phenolic OH excluding ortho intramolecular Hbond substituents is 1. The second-order valence-corrected chi connectivity index (χ2v) is 5.97. The zero-order valence-electron chi connectivity index (χ0n) is 15.7. The van der Waals surface area contributed by atoms with E-state index < -0.39 is 0 Å². The van der Waals surface area contributed by atoms with Crippen LogP contribution in [-0.4, -0.2) is 16.8 Å². The molecule has 1 amide bonds. The third kappa shape index (κ3) is 6.69. The van der Waals surface area contributed by atoms with E-state index in [0.717, 1.165) is 6.42 Å². The van der Waals surface area contributed by atoms with Gasteiger partial charge in [0.15, 0.2) is 0 Å². The van der Waals surface area contributed by atoms with Gasteiger partial charge in [0.2, 0.25) is 5.91 Å². The molecular formula is C23H23FeNO3-6. The Labute approximate surface area is 176 Å². The third-order valence-electron chi connectivity index (χ3n) is 3.84. The first kappa shape index (κ1) is 23.2. The van der Waals surface area contributed by atoms with Crippen LogP contribution in [0, 0.1) is 0 Å². The van der Waals surface area contributed by atoms with E-state index in [0.29, 0.717) is 23.2 Å². The van der Waals surface area contributed by atoms with Crippen LogP contribution in [0.2, 0.25) is 0 Å². The van der Waals surface area contributed by atoms with E-state index in [4.69, 9.17) is 0 Å². The second-order valence-electron chi connectivity index (χ2n) is 5.97. The maximum absolute atomic E-state index is 12.5. The molecule has 0 saturated heterocycles. The van der Waals surface area contributed by atoms with Crippen molar-refractivity contribution >= 4 is 23.0 Å². The van der Waals surface area contributed by atoms with Crippen LogP contribution < -0.4 is 5.32 Å². The van der Waals surface area contributed by atoms with Crippen molar-refractivity contribution in [1.29, 1.82) is 0 Å². The number of carbonyl (C=O) groups excluding carboxylic acids is 2. The number of hydrogen-bond acceptors (Lipinski definition) is 3. The molecule has 0 radical (unpaired) electrons. The van der Waals surface area contributed by atoms with Gasteiger partial charge in [-0.3, -0.25) is 4.79 Å². The Morgan fingerprint density at radius 2 is 1.68 bits per heavy atom. The summed E-state index contributed by atoms with van der Waals surface area (Å²) in [4.78, 5) is 24.1. The van der Waals surface area contributed by atoms with Gasteiger partial charge in [0.05, 0.1) is 0 Å². The largest absolute Gasteiger partial charge is 0.748 e. The summed E-state index contributed by atoms with van der Waals surface area (Å²) in [5.41, 5.74) is 1.62. The van der Waals surface area contributed by atoms with Gasteiger partial charge in [-0.1, -0.05) is 18.1 Å². The molecule has 3 aromatic rings. The Morgan fingerprint density at radius 1 is 1.11 bits per heavy atom. The summed E-state index contributed by atoms with van der Waals surface area (Å²) < 4.78 is 0. The number of phenols is 1. The summed E-state index contributed by atoms with van der Waals surface area (Å²) in [5.74, 6) is -0.622. The van der Waals surface area contributed by atoms with Crippen LogP contribution in [-0.2, 0) is 21.9 Å². The molecule has 0 bridgehead atoms. The number of carbonyl (C=O) groups is 2. The predicted octanol–water partition coefficient (Wildman–Crippen LogP) is 5.15. The van der Waals surface area contributed by atoms with Crippen molar-refractivity contribution in [3.05, 3.63) is 90.5 Å². The molecule has 4 nitrogen and oxygen atoms in total. The zero-order valence-corrected chi connectivity index (χ0v) is 16.8. The van der Waals surface area contributed by atoms with Crippen molar-refractivity contribution in [1.82, 2.24) is 0 Å². The van der Waals surface area contributed by atoms with E-state index in [1.807, 2.05) is 49.4 Å². The minimum Gasteiger partial charge on any atom is -0.748 e. The number of rotatable bonds is 6. The first-order valence-electron chi connectivity index (χ1n) is 8.78. The summed E-state index contributed by atoms with van der Waals surface area (Å²) in [6.45, 7) is 5.70. The molecule has 0 unspecified atom stereocenters. The molecule has 0 aliphatic heterocycles. The van der Waals surface area contributed by atoms with Crippen LogP contribution in [0.25, 0.3) is 5.57 Å². The van der Waals surface area contributed by atoms with E-state index in [1.54, 1.807) is 18.2 Å². The quantitative estimate of drug-likeness (QED) is 0.192. The van der Waals surface area contributed by atoms with Gasteiger partial charge in [0, 0.05) is 34.7 Å². The van der Waals surface area contributed by atoms with E-state index in [-0.39, 0.29) is 40.1 Å². The third-order valence-corrected chi connectivity index (χ3v) is 3.84. The molecule has 3 rings (SSSR count). The van der Waals surface area contributed by atoms with Gasteiger partial charge in [-0.2, -0.15) is 18.7 Å². The fourth-order valence-electron chi connectivity index (χ4n) is 2.44. The fraction of sp³-hybridized carbons (Fsp3) is 0.130. The van der Waals surface area contributed by atoms with Gasteiger partial charge in [0.25, 0.3) is 0 Å². The normalized spacial score (nSPS) is 9.46. The standard InChI is InChI=1S/C18H18NO3.C5H5.Fe/c1-3-6-17(21)19-14-9-10-16(20)15(11-14)18(22)12(2)13-7-4-5-8-13;1-2-4-5-3-1;/h4-5,7-11,20H,2-3,6H2,1H3,(H,19,21);1-5H;/q-1;-5;. The van der Waals surface area contributed by atoms with Crippen molar-refractivity contribution < 1.29 is 31.8 Å². The molecular weight excluding hydrogens is 394 g/mol. The molecule has 0 spiro atoms. The Kier molecular flexibility index (Phi) is 9.72. The first-order valence-corrected chi connectivity index (χ1v) is 8.78. The molecule has 0 aliphatic carbocycles. The van der Waals surface area contributed by atoms with Crippen molar-refractivity contribution in [2.45, 2.75) is 19.8 Å². The smallest absolute Gasteiger partial charge is 0.224 e. The molecule has 152 valence electrons. The second kappa shape index (κ2) is 11.8.